The van der Waals surface area contributed by atoms with E-state index in [4.69, 9.17) is 14.2 Å². The van der Waals surface area contributed by atoms with Gasteiger partial charge in [0.15, 0.2) is 0 Å². The number of esters is 1. The van der Waals surface area contributed by atoms with E-state index in [1.807, 2.05) is 6.92 Å². The second-order valence-corrected chi connectivity index (χ2v) is 16.5. The minimum Gasteiger partial charge on any atom is -0.462 e. The minimum absolute atomic E-state index is 0.108. The van der Waals surface area contributed by atoms with Crippen molar-refractivity contribution in [3.8, 4) is 0 Å². The SMILES string of the molecule is CCOCO[C@H]1CC[C@@]2(C)C(=CC[C@H]3[C@@H]4CC[C@H]([C@H](C)CCC(=O)OC5C6CC7CC(C6)CC5C7)[C@@]4(C)CC[C@@H]32)C1. The fraction of sp³-hybridized carbons (Fsp3) is 0.919. The van der Waals surface area contributed by atoms with Crippen LogP contribution in [0.15, 0.2) is 11.6 Å². The Kier molecular flexibility index (Phi) is 7.92. The van der Waals surface area contributed by atoms with Crippen molar-refractivity contribution in [2.45, 2.75) is 136 Å². The first kappa shape index (κ1) is 28.9. The molecule has 7 saturated carbocycles. The van der Waals surface area contributed by atoms with Gasteiger partial charge in [-0.3, -0.25) is 4.79 Å². The molecule has 0 unspecified atom stereocenters. The van der Waals surface area contributed by atoms with Gasteiger partial charge >= 0.3 is 5.97 Å². The summed E-state index contributed by atoms with van der Waals surface area (Å²) in [6, 6.07) is 0. The molecular weight excluding hydrogens is 508 g/mol. The summed E-state index contributed by atoms with van der Waals surface area (Å²) in [7, 11) is 0. The smallest absolute Gasteiger partial charge is 0.306 e. The Morgan fingerprint density at radius 1 is 0.976 bits per heavy atom. The molecule has 0 aliphatic heterocycles. The fourth-order valence-corrected chi connectivity index (χ4v) is 12.8. The van der Waals surface area contributed by atoms with Gasteiger partial charge in [0, 0.05) is 13.0 Å². The standard InChI is InChI=1S/C37H58O4/c1-5-39-22-40-29-12-14-36(3)28(21-29)7-8-30-32-10-9-31(37(32,4)15-13-33(30)36)23(2)6-11-34(38)41-35-26-17-24-16-25(19-26)20-27(35)18-24/h7,23-27,29-33,35H,5-6,8-22H2,1-4H3/t23-,24?,25?,26?,27?,29+,30+,31-,32+,33+,35?,36+,37-/m1/s1. The maximum Gasteiger partial charge on any atom is 0.306 e. The number of hydrogen-bond acceptors (Lipinski definition) is 4. The molecule has 0 saturated heterocycles. The van der Waals surface area contributed by atoms with E-state index < -0.39 is 0 Å². The van der Waals surface area contributed by atoms with Crippen molar-refractivity contribution in [2.75, 3.05) is 13.4 Å². The summed E-state index contributed by atoms with van der Waals surface area (Å²) in [5.74, 6) is 7.18. The van der Waals surface area contributed by atoms with E-state index >= 15 is 0 Å². The van der Waals surface area contributed by atoms with E-state index in [0.29, 0.717) is 47.9 Å². The van der Waals surface area contributed by atoms with Crippen LogP contribution in [0.25, 0.3) is 0 Å². The highest BCUT2D eigenvalue weighted by atomic mass is 16.7. The molecule has 0 amide bonds. The fourth-order valence-electron chi connectivity index (χ4n) is 12.8. The molecule has 0 spiro atoms. The van der Waals surface area contributed by atoms with Gasteiger partial charge in [0.25, 0.3) is 0 Å². The first-order valence-electron chi connectivity index (χ1n) is 17.9. The zero-order valence-electron chi connectivity index (χ0n) is 26.6. The molecular formula is C37H58O4. The molecule has 0 aromatic heterocycles. The van der Waals surface area contributed by atoms with Crippen LogP contribution in [0, 0.1) is 64.1 Å². The predicted molar refractivity (Wildman–Crippen MR) is 162 cm³/mol. The normalized spacial score (nSPS) is 48.6. The zero-order chi connectivity index (χ0) is 28.4. The van der Waals surface area contributed by atoms with Gasteiger partial charge in [0.2, 0.25) is 0 Å². The monoisotopic (exact) mass is 566 g/mol. The Labute approximate surface area is 250 Å². The lowest BCUT2D eigenvalue weighted by molar-refractivity contribution is -0.171. The summed E-state index contributed by atoms with van der Waals surface area (Å²) in [5, 5.41) is 0. The van der Waals surface area contributed by atoms with Gasteiger partial charge in [-0.2, -0.15) is 0 Å². The molecule has 0 heterocycles. The molecule has 8 aliphatic rings. The van der Waals surface area contributed by atoms with E-state index in [-0.39, 0.29) is 12.1 Å². The first-order valence-corrected chi connectivity index (χ1v) is 17.9. The maximum atomic E-state index is 13.1. The number of ether oxygens (including phenoxy) is 3. The molecule has 0 aromatic carbocycles. The van der Waals surface area contributed by atoms with Crippen LogP contribution < -0.4 is 0 Å². The summed E-state index contributed by atoms with van der Waals surface area (Å²) >= 11 is 0. The Morgan fingerprint density at radius 2 is 1.73 bits per heavy atom. The molecule has 0 aromatic rings. The number of rotatable bonds is 9. The Bertz CT molecular complexity index is 975. The summed E-state index contributed by atoms with van der Waals surface area (Å²) in [6.07, 6.45) is 21.9. The average molecular weight is 567 g/mol. The van der Waals surface area contributed by atoms with Crippen LogP contribution in [0.3, 0.4) is 0 Å². The van der Waals surface area contributed by atoms with Gasteiger partial charge in [-0.15, -0.1) is 0 Å². The average Bonchev–Trinajstić information content (AvgIpc) is 3.31. The van der Waals surface area contributed by atoms with E-state index in [9.17, 15) is 4.79 Å². The molecule has 7 fully saturated rings. The van der Waals surface area contributed by atoms with E-state index in [0.717, 1.165) is 55.0 Å². The number of allylic oxidation sites excluding steroid dienone is 1. The Balaban J connectivity index is 0.948. The zero-order valence-corrected chi connectivity index (χ0v) is 26.6. The predicted octanol–water partition coefficient (Wildman–Crippen LogP) is 8.73. The molecule has 8 rings (SSSR count). The van der Waals surface area contributed by atoms with Crippen molar-refractivity contribution in [1.29, 1.82) is 0 Å². The molecule has 8 atom stereocenters. The van der Waals surface area contributed by atoms with E-state index in [2.05, 4.69) is 26.8 Å². The highest BCUT2D eigenvalue weighted by Gasteiger charge is 2.59. The van der Waals surface area contributed by atoms with Crippen molar-refractivity contribution in [1.82, 2.24) is 0 Å². The van der Waals surface area contributed by atoms with Crippen molar-refractivity contribution in [3.05, 3.63) is 11.6 Å². The van der Waals surface area contributed by atoms with Gasteiger partial charge in [-0.05, 0) is 161 Å². The van der Waals surface area contributed by atoms with Crippen LogP contribution in [-0.4, -0.2) is 31.6 Å². The van der Waals surface area contributed by atoms with Gasteiger partial charge in [0.05, 0.1) is 6.10 Å². The topological polar surface area (TPSA) is 44.8 Å². The van der Waals surface area contributed by atoms with Crippen LogP contribution in [-0.2, 0) is 19.0 Å². The van der Waals surface area contributed by atoms with Crippen molar-refractivity contribution < 1.29 is 19.0 Å². The van der Waals surface area contributed by atoms with Crippen molar-refractivity contribution >= 4 is 5.97 Å². The number of carbonyl (C=O) groups is 1. The number of hydrogen-bond donors (Lipinski definition) is 0. The molecule has 0 radical (unpaired) electrons. The molecule has 230 valence electrons. The first-order chi connectivity index (χ1) is 19.8. The highest BCUT2D eigenvalue weighted by molar-refractivity contribution is 5.69. The summed E-state index contributed by atoms with van der Waals surface area (Å²) in [6.45, 7) is 10.9. The lowest BCUT2D eigenvalue weighted by Gasteiger charge is -2.58. The molecule has 8 aliphatic carbocycles. The third-order valence-electron chi connectivity index (χ3n) is 14.6. The molecule has 4 heteroatoms. The highest BCUT2D eigenvalue weighted by Crippen LogP contribution is 2.67. The van der Waals surface area contributed by atoms with Gasteiger partial charge < -0.3 is 14.2 Å². The number of carbonyl (C=O) groups excluding carboxylic acids is 1. The lowest BCUT2D eigenvalue weighted by Crippen LogP contribution is -2.51. The molecule has 4 bridgehead atoms. The van der Waals surface area contributed by atoms with Gasteiger partial charge in [0.1, 0.15) is 12.9 Å². The minimum atomic E-state index is 0.108. The van der Waals surface area contributed by atoms with Crippen molar-refractivity contribution in [2.24, 2.45) is 64.1 Å². The second-order valence-electron chi connectivity index (χ2n) is 16.5. The Hall–Kier alpha value is -0.870. The number of fused-ring (bicyclic) bond motifs is 5. The summed E-state index contributed by atoms with van der Waals surface area (Å²) in [5.41, 5.74) is 2.49. The largest absolute Gasteiger partial charge is 0.462 e. The summed E-state index contributed by atoms with van der Waals surface area (Å²) < 4.78 is 17.9. The lowest BCUT2D eigenvalue weighted by atomic mass is 9.47. The van der Waals surface area contributed by atoms with Crippen LogP contribution >= 0.6 is 0 Å². The van der Waals surface area contributed by atoms with Crippen LogP contribution in [0.2, 0.25) is 0 Å². The third-order valence-corrected chi connectivity index (χ3v) is 14.6. The molecule has 0 N–H and O–H groups in total. The van der Waals surface area contributed by atoms with E-state index in [1.165, 1.54) is 77.0 Å². The van der Waals surface area contributed by atoms with Crippen LogP contribution in [0.1, 0.15) is 124 Å². The van der Waals surface area contributed by atoms with Crippen LogP contribution in [0.4, 0.5) is 0 Å². The van der Waals surface area contributed by atoms with Crippen molar-refractivity contribution in [3.63, 3.8) is 0 Å². The Morgan fingerprint density at radius 3 is 2.46 bits per heavy atom. The third kappa shape index (κ3) is 5.07. The summed E-state index contributed by atoms with van der Waals surface area (Å²) in [4.78, 5) is 13.1. The molecule has 41 heavy (non-hydrogen) atoms. The maximum absolute atomic E-state index is 13.1. The molecule has 4 nitrogen and oxygen atoms in total. The quantitative estimate of drug-likeness (QED) is 0.121. The second kappa shape index (κ2) is 11.2. The van der Waals surface area contributed by atoms with Gasteiger partial charge in [-0.25, -0.2) is 0 Å². The van der Waals surface area contributed by atoms with Gasteiger partial charge in [-0.1, -0.05) is 32.4 Å². The van der Waals surface area contributed by atoms with Crippen LogP contribution in [0.5, 0.6) is 0 Å². The van der Waals surface area contributed by atoms with E-state index in [1.54, 1.807) is 5.57 Å².